The van der Waals surface area contributed by atoms with Crippen LogP contribution in [0.2, 0.25) is 0 Å². The molecule has 0 radical (unpaired) electrons. The highest BCUT2D eigenvalue weighted by Crippen LogP contribution is 2.32. The van der Waals surface area contributed by atoms with Crippen molar-refractivity contribution >= 4 is 12.0 Å². The highest BCUT2D eigenvalue weighted by atomic mass is 16.5. The minimum absolute atomic E-state index is 0.231. The minimum Gasteiger partial charge on any atom is -0.508 e. The summed E-state index contributed by atoms with van der Waals surface area (Å²) in [5.74, 6) is 0.519. The van der Waals surface area contributed by atoms with Crippen LogP contribution in [0.4, 0.5) is 0 Å². The van der Waals surface area contributed by atoms with Crippen LogP contribution in [0.25, 0.3) is 6.08 Å². The molecule has 44 heavy (non-hydrogen) atoms. The number of hydrogen-bond donors (Lipinski definition) is 2. The molecule has 0 aliphatic rings. The summed E-state index contributed by atoms with van der Waals surface area (Å²) in [6.07, 6.45) is 36.7. The van der Waals surface area contributed by atoms with Crippen molar-refractivity contribution in [3.8, 4) is 17.2 Å². The zero-order valence-electron chi connectivity index (χ0n) is 26.8. The van der Waals surface area contributed by atoms with E-state index in [0.717, 1.165) is 55.2 Å². The van der Waals surface area contributed by atoms with Gasteiger partial charge in [-0.05, 0) is 61.1 Å². The summed E-state index contributed by atoms with van der Waals surface area (Å²) in [7, 11) is 0. The maximum Gasteiger partial charge on any atom is 0.336 e. The van der Waals surface area contributed by atoms with Gasteiger partial charge in [0.2, 0.25) is 0 Å². The molecule has 0 saturated heterocycles. The average Bonchev–Trinajstić information content (AvgIpc) is 3.01. The first kappa shape index (κ1) is 36.1. The van der Waals surface area contributed by atoms with Crippen molar-refractivity contribution in [2.75, 3.05) is 0 Å². The van der Waals surface area contributed by atoms with Crippen LogP contribution in [0.5, 0.6) is 17.2 Å². The number of phenols is 2. The van der Waals surface area contributed by atoms with Gasteiger partial charge in [0.25, 0.3) is 0 Å². The second-order valence-electron chi connectivity index (χ2n) is 11.0. The quantitative estimate of drug-likeness (QED) is 0.0494. The molecule has 0 spiro atoms. The summed E-state index contributed by atoms with van der Waals surface area (Å²) in [5, 5.41) is 20.1. The second-order valence-corrected chi connectivity index (χ2v) is 11.0. The maximum absolute atomic E-state index is 12.6. The van der Waals surface area contributed by atoms with E-state index in [-0.39, 0.29) is 11.5 Å². The van der Waals surface area contributed by atoms with Crippen LogP contribution in [0.15, 0.2) is 103 Å². The van der Waals surface area contributed by atoms with Gasteiger partial charge in [-0.15, -0.1) is 0 Å². The molecule has 2 aromatic rings. The smallest absolute Gasteiger partial charge is 0.336 e. The summed E-state index contributed by atoms with van der Waals surface area (Å²) in [6.45, 7) is 4.41. The first-order valence-corrected chi connectivity index (χ1v) is 16.4. The highest BCUT2D eigenvalue weighted by Gasteiger charge is 2.14. The first-order chi connectivity index (χ1) is 21.5. The normalized spacial score (nSPS) is 12.3. The summed E-state index contributed by atoms with van der Waals surface area (Å²) in [4.78, 5) is 12.6. The number of benzene rings is 2. The van der Waals surface area contributed by atoms with Crippen molar-refractivity contribution in [1.82, 2.24) is 0 Å². The van der Waals surface area contributed by atoms with Gasteiger partial charge >= 0.3 is 5.97 Å². The van der Waals surface area contributed by atoms with Crippen LogP contribution in [-0.2, 0) is 17.6 Å². The van der Waals surface area contributed by atoms with E-state index in [2.05, 4.69) is 13.8 Å². The Bertz CT molecular complexity index is 1260. The summed E-state index contributed by atoms with van der Waals surface area (Å²) in [6, 6.07) is 10.8. The summed E-state index contributed by atoms with van der Waals surface area (Å²) >= 11 is 0. The molecule has 0 aliphatic carbocycles. The number of hydrogen-bond acceptors (Lipinski definition) is 4. The number of unbranched alkanes of at least 4 members (excludes halogenated alkanes) is 9. The zero-order valence-corrected chi connectivity index (χ0v) is 26.8. The van der Waals surface area contributed by atoms with Gasteiger partial charge in [-0.1, -0.05) is 151 Å². The number of esters is 1. The SMILES string of the molecule is CCCCCCCCCCc1c(O)cc(CCCCC)cc1OC(=O)C=CC=CC=CC=CC=CC=Cc1ccc(O)cc1. The summed E-state index contributed by atoms with van der Waals surface area (Å²) in [5.41, 5.74) is 2.75. The van der Waals surface area contributed by atoms with Crippen molar-refractivity contribution < 1.29 is 19.7 Å². The molecule has 0 heterocycles. The molecular formula is C40H52O4. The molecule has 0 atom stereocenters. The van der Waals surface area contributed by atoms with Gasteiger partial charge in [-0.2, -0.15) is 0 Å². The second kappa shape index (κ2) is 23.4. The average molecular weight is 597 g/mol. The van der Waals surface area contributed by atoms with Crippen molar-refractivity contribution in [3.63, 3.8) is 0 Å². The van der Waals surface area contributed by atoms with Gasteiger partial charge in [0.15, 0.2) is 0 Å². The number of aryl methyl sites for hydroxylation is 1. The zero-order chi connectivity index (χ0) is 31.7. The largest absolute Gasteiger partial charge is 0.508 e. The molecule has 0 saturated carbocycles. The third-order valence-electron chi connectivity index (χ3n) is 7.22. The predicted molar refractivity (Wildman–Crippen MR) is 186 cm³/mol. The van der Waals surface area contributed by atoms with Crippen LogP contribution in [0.1, 0.15) is 101 Å². The molecular weight excluding hydrogens is 544 g/mol. The lowest BCUT2D eigenvalue weighted by Crippen LogP contribution is -2.07. The van der Waals surface area contributed by atoms with Crippen LogP contribution in [-0.4, -0.2) is 16.2 Å². The van der Waals surface area contributed by atoms with Gasteiger partial charge in [0.05, 0.1) is 0 Å². The number of ether oxygens (including phenoxy) is 1. The maximum atomic E-state index is 12.6. The van der Waals surface area contributed by atoms with Gasteiger partial charge in [-0.25, -0.2) is 4.79 Å². The lowest BCUT2D eigenvalue weighted by molar-refractivity contribution is -0.129. The molecule has 0 fully saturated rings. The first-order valence-electron chi connectivity index (χ1n) is 16.4. The van der Waals surface area contributed by atoms with E-state index in [9.17, 15) is 15.0 Å². The molecule has 236 valence electrons. The summed E-state index contributed by atoms with van der Waals surface area (Å²) < 4.78 is 5.75. The van der Waals surface area contributed by atoms with E-state index in [1.54, 1.807) is 24.3 Å². The number of carbonyl (C=O) groups is 1. The standard InChI is InChI=1S/C40H52O4/c1-3-5-7-8-9-15-18-22-26-37-38(42)32-35(25-20-6-4-2)33-39(37)44-40(43)27-23-19-16-13-11-10-12-14-17-21-24-34-28-30-36(41)31-29-34/h10-14,16-17,19,21,23-24,27-33,41-42H,3-9,15,18,20,22,25-26H2,1-2H3. The molecule has 2 aromatic carbocycles. The molecule has 0 amide bonds. The van der Waals surface area contributed by atoms with Gasteiger partial charge < -0.3 is 14.9 Å². The van der Waals surface area contributed by atoms with E-state index in [4.69, 9.17) is 4.74 Å². The molecule has 0 bridgehead atoms. The van der Waals surface area contributed by atoms with E-state index in [1.807, 2.05) is 78.9 Å². The van der Waals surface area contributed by atoms with Crippen molar-refractivity contribution in [2.45, 2.75) is 97.3 Å². The van der Waals surface area contributed by atoms with Crippen LogP contribution in [0, 0.1) is 0 Å². The van der Waals surface area contributed by atoms with Gasteiger partial charge in [0, 0.05) is 11.6 Å². The number of aromatic hydroxyl groups is 2. The Kier molecular flexibility index (Phi) is 19.2. The van der Waals surface area contributed by atoms with Crippen molar-refractivity contribution in [3.05, 3.63) is 120 Å². The Hall–Kier alpha value is -4.05. The fourth-order valence-corrected chi connectivity index (χ4v) is 4.73. The van der Waals surface area contributed by atoms with Crippen LogP contribution < -0.4 is 4.74 Å². The fraction of sp³-hybridized carbons (Fsp3) is 0.375. The van der Waals surface area contributed by atoms with E-state index < -0.39 is 5.97 Å². The lowest BCUT2D eigenvalue weighted by atomic mass is 9.99. The monoisotopic (exact) mass is 596 g/mol. The molecule has 4 nitrogen and oxygen atoms in total. The Morgan fingerprint density at radius 1 is 0.636 bits per heavy atom. The Morgan fingerprint density at radius 2 is 1.16 bits per heavy atom. The Balaban J connectivity index is 1.86. The highest BCUT2D eigenvalue weighted by molar-refractivity contribution is 5.84. The fourth-order valence-electron chi connectivity index (χ4n) is 4.73. The molecule has 4 heteroatoms. The molecule has 0 unspecified atom stereocenters. The minimum atomic E-state index is -0.452. The van der Waals surface area contributed by atoms with Crippen molar-refractivity contribution in [1.29, 1.82) is 0 Å². The number of rotatable bonds is 21. The van der Waals surface area contributed by atoms with Gasteiger partial charge in [0.1, 0.15) is 17.2 Å². The number of allylic oxidation sites excluding steroid dienone is 10. The van der Waals surface area contributed by atoms with E-state index >= 15 is 0 Å². The third kappa shape index (κ3) is 16.6. The number of phenolic OH excluding ortho intramolecular Hbond substituents is 2. The molecule has 0 aromatic heterocycles. The Labute approximate surface area is 265 Å². The molecule has 2 N–H and O–H groups in total. The van der Waals surface area contributed by atoms with Crippen LogP contribution >= 0.6 is 0 Å². The van der Waals surface area contributed by atoms with Crippen molar-refractivity contribution in [2.24, 2.45) is 0 Å². The molecule has 0 aliphatic heterocycles. The van der Waals surface area contributed by atoms with E-state index in [1.165, 1.54) is 44.6 Å². The predicted octanol–water partition coefficient (Wildman–Crippen LogP) is 10.9. The topological polar surface area (TPSA) is 66.8 Å². The Morgan fingerprint density at radius 3 is 1.80 bits per heavy atom. The third-order valence-corrected chi connectivity index (χ3v) is 7.22. The van der Waals surface area contributed by atoms with E-state index in [0.29, 0.717) is 12.2 Å². The van der Waals surface area contributed by atoms with Gasteiger partial charge in [-0.3, -0.25) is 0 Å². The number of carbonyl (C=O) groups excluding carboxylic acids is 1. The lowest BCUT2D eigenvalue weighted by Gasteiger charge is -2.14. The molecule has 2 rings (SSSR count). The van der Waals surface area contributed by atoms with Crippen LogP contribution in [0.3, 0.4) is 0 Å².